The van der Waals surface area contributed by atoms with Crippen molar-refractivity contribution in [1.29, 1.82) is 0 Å². The van der Waals surface area contributed by atoms with E-state index < -0.39 is 0 Å². The lowest BCUT2D eigenvalue weighted by Gasteiger charge is -2.35. The third-order valence-corrected chi connectivity index (χ3v) is 5.54. The van der Waals surface area contributed by atoms with E-state index in [1.165, 1.54) is 5.56 Å². The molecule has 1 heterocycles. The van der Waals surface area contributed by atoms with Crippen LogP contribution in [0.25, 0.3) is 0 Å². The Kier molecular flexibility index (Phi) is 7.49. The number of ketones is 1. The molecule has 1 N–H and O–H groups in total. The van der Waals surface area contributed by atoms with E-state index in [4.69, 9.17) is 16.3 Å². The number of carbonyl (C=O) groups is 1. The van der Waals surface area contributed by atoms with Gasteiger partial charge in [-0.3, -0.25) is 9.69 Å². The molecular weight excluding hydrogens is 374 g/mol. The van der Waals surface area contributed by atoms with E-state index in [1.807, 2.05) is 55.5 Å². The Hall–Kier alpha value is -1.88. The first kappa shape index (κ1) is 20.8. The van der Waals surface area contributed by atoms with Gasteiger partial charge in [-0.05, 0) is 62.4 Å². The second-order valence-corrected chi connectivity index (χ2v) is 7.71. The topological polar surface area (TPSA) is 49.8 Å². The van der Waals surface area contributed by atoms with Gasteiger partial charge in [0.15, 0.2) is 5.78 Å². The van der Waals surface area contributed by atoms with Gasteiger partial charge in [0.1, 0.15) is 5.75 Å². The van der Waals surface area contributed by atoms with Crippen molar-refractivity contribution in [3.63, 3.8) is 0 Å². The Bertz CT molecular complexity index is 770. The van der Waals surface area contributed by atoms with Crippen molar-refractivity contribution < 1.29 is 14.6 Å². The van der Waals surface area contributed by atoms with Crippen LogP contribution in [-0.4, -0.2) is 47.6 Å². The lowest BCUT2D eigenvalue weighted by Crippen LogP contribution is -2.47. The highest BCUT2D eigenvalue weighted by Gasteiger charge is 2.29. The molecule has 0 bridgehead atoms. The predicted molar refractivity (Wildman–Crippen MR) is 112 cm³/mol. The average Bonchev–Trinajstić information content (AvgIpc) is 2.71. The molecule has 150 valence electrons. The smallest absolute Gasteiger partial charge is 0.180 e. The molecule has 0 saturated carbocycles. The molecule has 0 radical (unpaired) electrons. The number of hydrogen-bond acceptors (Lipinski definition) is 4. The van der Waals surface area contributed by atoms with Crippen molar-refractivity contribution in [3.8, 4) is 5.75 Å². The molecule has 1 atom stereocenters. The molecule has 0 aromatic heterocycles. The van der Waals surface area contributed by atoms with Crippen LogP contribution in [-0.2, 0) is 6.42 Å². The molecule has 1 fully saturated rings. The minimum atomic E-state index is -0.260. The number of aryl methyl sites for hydroxylation is 1. The van der Waals surface area contributed by atoms with Gasteiger partial charge in [-0.15, -0.1) is 0 Å². The van der Waals surface area contributed by atoms with Crippen molar-refractivity contribution in [1.82, 2.24) is 4.90 Å². The average molecular weight is 402 g/mol. The van der Waals surface area contributed by atoms with Crippen molar-refractivity contribution in [2.24, 2.45) is 0 Å². The molecule has 2 aromatic rings. The van der Waals surface area contributed by atoms with E-state index in [-0.39, 0.29) is 17.9 Å². The molecule has 1 aliphatic rings. The van der Waals surface area contributed by atoms with E-state index in [9.17, 15) is 9.90 Å². The van der Waals surface area contributed by atoms with E-state index in [0.29, 0.717) is 30.0 Å². The number of aliphatic hydroxyl groups is 1. The fraction of sp³-hybridized carbons (Fsp3) is 0.435. The first-order chi connectivity index (χ1) is 13.6. The number of halogens is 1. The van der Waals surface area contributed by atoms with Gasteiger partial charge in [0.25, 0.3) is 0 Å². The number of Topliss-reactive ketones (excluding diaryl/α,β-unsaturated/α-hetero) is 1. The molecule has 1 aliphatic heterocycles. The first-order valence-electron chi connectivity index (χ1n) is 10.0. The van der Waals surface area contributed by atoms with Crippen molar-refractivity contribution >= 4 is 17.4 Å². The summed E-state index contributed by atoms with van der Waals surface area (Å²) in [6.07, 6.45) is 2.70. The summed E-state index contributed by atoms with van der Waals surface area (Å²) in [5, 5.41) is 10.6. The van der Waals surface area contributed by atoms with Crippen LogP contribution in [0.2, 0.25) is 5.02 Å². The normalized spacial score (nSPS) is 16.7. The molecule has 1 saturated heterocycles. The Labute approximate surface area is 172 Å². The van der Waals surface area contributed by atoms with Crippen LogP contribution in [0.15, 0.2) is 48.5 Å². The van der Waals surface area contributed by atoms with Gasteiger partial charge in [0.05, 0.1) is 18.8 Å². The Morgan fingerprint density at radius 1 is 1.21 bits per heavy atom. The number of likely N-dealkylation sites (tertiary alicyclic amines) is 1. The van der Waals surface area contributed by atoms with E-state index in [0.717, 1.165) is 31.7 Å². The number of benzene rings is 2. The van der Waals surface area contributed by atoms with E-state index in [2.05, 4.69) is 4.90 Å². The summed E-state index contributed by atoms with van der Waals surface area (Å²) in [5.74, 6) is 0.839. The number of carbonyl (C=O) groups excluding carboxylic acids is 1. The quantitative estimate of drug-likeness (QED) is 0.667. The summed E-state index contributed by atoms with van der Waals surface area (Å²) in [6, 6.07) is 15.0. The number of ether oxygens (including phenoxy) is 1. The molecule has 0 spiro atoms. The maximum absolute atomic E-state index is 13.4. The Balaban J connectivity index is 1.77. The lowest BCUT2D eigenvalue weighted by atomic mass is 9.94. The van der Waals surface area contributed by atoms with Crippen LogP contribution in [0.5, 0.6) is 5.75 Å². The van der Waals surface area contributed by atoms with Crippen LogP contribution in [0.3, 0.4) is 0 Å². The number of nitrogens with zero attached hydrogens (tertiary/aromatic N) is 1. The van der Waals surface area contributed by atoms with Crippen LogP contribution in [0.1, 0.15) is 42.1 Å². The highest BCUT2D eigenvalue weighted by atomic mass is 35.5. The minimum Gasteiger partial charge on any atom is -0.494 e. The first-order valence-corrected chi connectivity index (χ1v) is 10.4. The summed E-state index contributed by atoms with van der Waals surface area (Å²) < 4.78 is 5.57. The van der Waals surface area contributed by atoms with Crippen molar-refractivity contribution in [3.05, 3.63) is 64.7 Å². The van der Waals surface area contributed by atoms with E-state index in [1.54, 1.807) is 0 Å². The third-order valence-electron chi connectivity index (χ3n) is 5.29. The summed E-state index contributed by atoms with van der Waals surface area (Å²) >= 11 is 5.98. The predicted octanol–water partition coefficient (Wildman–Crippen LogP) is 4.38. The van der Waals surface area contributed by atoms with Gasteiger partial charge >= 0.3 is 0 Å². The highest BCUT2D eigenvalue weighted by Crippen LogP contribution is 2.23. The molecular formula is C23H28ClNO3. The molecule has 2 aromatic carbocycles. The molecule has 3 rings (SSSR count). The standard InChI is InChI=1S/C23H28ClNO3/c1-2-28-21-5-3-4-18(16-21)23(27)22(25-14-12-20(26)13-15-25)11-8-17-6-9-19(24)10-7-17/h3-7,9-10,16,20,22,26H,2,8,11-15H2,1H3. The third kappa shape index (κ3) is 5.57. The zero-order valence-electron chi connectivity index (χ0n) is 16.3. The van der Waals surface area contributed by atoms with Crippen molar-refractivity contribution in [2.45, 2.75) is 44.8 Å². The van der Waals surface area contributed by atoms with Gasteiger partial charge in [0.2, 0.25) is 0 Å². The van der Waals surface area contributed by atoms with Gasteiger partial charge in [0, 0.05) is 23.7 Å². The van der Waals surface area contributed by atoms with Crippen LogP contribution < -0.4 is 4.74 Å². The number of aliphatic hydroxyl groups excluding tert-OH is 1. The number of rotatable bonds is 8. The lowest BCUT2D eigenvalue weighted by molar-refractivity contribution is 0.0498. The second-order valence-electron chi connectivity index (χ2n) is 7.27. The Morgan fingerprint density at radius 3 is 2.61 bits per heavy atom. The van der Waals surface area contributed by atoms with Gasteiger partial charge in [-0.1, -0.05) is 35.9 Å². The maximum atomic E-state index is 13.4. The molecule has 28 heavy (non-hydrogen) atoms. The maximum Gasteiger partial charge on any atom is 0.180 e. The van der Waals surface area contributed by atoms with Gasteiger partial charge in [-0.25, -0.2) is 0 Å². The van der Waals surface area contributed by atoms with E-state index >= 15 is 0 Å². The zero-order valence-corrected chi connectivity index (χ0v) is 17.1. The molecule has 1 unspecified atom stereocenters. The van der Waals surface area contributed by atoms with Crippen molar-refractivity contribution in [2.75, 3.05) is 19.7 Å². The second kappa shape index (κ2) is 10.1. The summed E-state index contributed by atoms with van der Waals surface area (Å²) in [7, 11) is 0. The molecule has 4 nitrogen and oxygen atoms in total. The van der Waals surface area contributed by atoms with Gasteiger partial charge in [-0.2, -0.15) is 0 Å². The van der Waals surface area contributed by atoms with Crippen LogP contribution >= 0.6 is 11.6 Å². The zero-order chi connectivity index (χ0) is 19.9. The summed E-state index contributed by atoms with van der Waals surface area (Å²) in [6.45, 7) is 3.98. The van der Waals surface area contributed by atoms with Crippen LogP contribution in [0.4, 0.5) is 0 Å². The monoisotopic (exact) mass is 401 g/mol. The number of hydrogen-bond donors (Lipinski definition) is 1. The molecule has 5 heteroatoms. The largest absolute Gasteiger partial charge is 0.494 e. The summed E-state index contributed by atoms with van der Waals surface area (Å²) in [5.41, 5.74) is 1.85. The molecule has 0 aliphatic carbocycles. The SMILES string of the molecule is CCOc1cccc(C(=O)C(CCc2ccc(Cl)cc2)N2CCC(O)CC2)c1. The van der Waals surface area contributed by atoms with Crippen LogP contribution in [0, 0.1) is 0 Å². The Morgan fingerprint density at radius 2 is 1.93 bits per heavy atom. The fourth-order valence-electron chi connectivity index (χ4n) is 3.73. The molecule has 0 amide bonds. The minimum absolute atomic E-state index is 0.118. The number of piperidine rings is 1. The highest BCUT2D eigenvalue weighted by molar-refractivity contribution is 6.30. The van der Waals surface area contributed by atoms with Gasteiger partial charge < -0.3 is 9.84 Å². The summed E-state index contributed by atoms with van der Waals surface area (Å²) in [4.78, 5) is 15.6. The fourth-order valence-corrected chi connectivity index (χ4v) is 3.86.